The Morgan fingerprint density at radius 2 is 1.89 bits per heavy atom. The third-order valence-electron chi connectivity index (χ3n) is 5.39. The number of amides is 1. The molecular weight excluding hydrogens is 358 g/mol. The summed E-state index contributed by atoms with van der Waals surface area (Å²) in [7, 11) is 0. The Morgan fingerprint density at radius 3 is 2.54 bits per heavy atom. The average Bonchev–Trinajstić information content (AvgIpc) is 2.67. The Morgan fingerprint density at radius 1 is 1.14 bits per heavy atom. The van der Waals surface area contributed by atoms with Crippen LogP contribution in [0.3, 0.4) is 0 Å². The first-order valence-corrected chi connectivity index (χ1v) is 9.62. The maximum atomic E-state index is 12.1. The van der Waals surface area contributed by atoms with Crippen LogP contribution < -0.4 is 10.2 Å². The maximum absolute atomic E-state index is 12.1. The molecule has 148 valence electrons. The van der Waals surface area contributed by atoms with Crippen molar-refractivity contribution in [3.05, 3.63) is 30.2 Å². The summed E-state index contributed by atoms with van der Waals surface area (Å²) in [5.74, 6) is 1.02. The van der Waals surface area contributed by atoms with Crippen molar-refractivity contribution in [1.29, 1.82) is 0 Å². The van der Waals surface area contributed by atoms with Crippen LogP contribution in [0.4, 0.5) is 11.6 Å². The summed E-state index contributed by atoms with van der Waals surface area (Å²) in [5, 5.41) is 22.7. The van der Waals surface area contributed by atoms with E-state index in [4.69, 9.17) is 4.98 Å². The highest BCUT2D eigenvalue weighted by Gasteiger charge is 2.33. The monoisotopic (exact) mass is 383 g/mol. The summed E-state index contributed by atoms with van der Waals surface area (Å²) in [6, 6.07) is 3.80. The van der Waals surface area contributed by atoms with E-state index in [-0.39, 0.29) is 24.6 Å². The highest BCUT2D eigenvalue weighted by atomic mass is 16.3. The van der Waals surface area contributed by atoms with Crippen molar-refractivity contribution in [2.24, 2.45) is 0 Å². The summed E-state index contributed by atoms with van der Waals surface area (Å²) in [5.41, 5.74) is 1.02. The fraction of sp³-hybridized carbons (Fsp3) is 0.500. The van der Waals surface area contributed by atoms with Crippen LogP contribution in [-0.4, -0.2) is 49.8 Å². The maximum Gasteiger partial charge on any atom is 0.245 e. The van der Waals surface area contributed by atoms with Gasteiger partial charge in [0.05, 0.1) is 30.2 Å². The van der Waals surface area contributed by atoms with Gasteiger partial charge >= 0.3 is 0 Å². The van der Waals surface area contributed by atoms with Gasteiger partial charge in [0.25, 0.3) is 0 Å². The number of pyridine rings is 1. The van der Waals surface area contributed by atoms with Crippen molar-refractivity contribution in [3.63, 3.8) is 0 Å². The van der Waals surface area contributed by atoms with Gasteiger partial charge < -0.3 is 20.4 Å². The van der Waals surface area contributed by atoms with Gasteiger partial charge in [-0.15, -0.1) is 0 Å². The smallest absolute Gasteiger partial charge is 0.245 e. The summed E-state index contributed by atoms with van der Waals surface area (Å²) < 4.78 is 0. The van der Waals surface area contributed by atoms with Crippen molar-refractivity contribution in [2.45, 2.75) is 57.3 Å². The van der Waals surface area contributed by atoms with Crippen molar-refractivity contribution >= 4 is 17.5 Å². The number of rotatable bonds is 3. The molecule has 0 atom stereocenters. The SMILES string of the molecule is CC(C)(O)c1ccc(-c2cnc3c(n2)N(C2CCC(O)CC2)CC(=O)N3)cn1. The normalized spacial score (nSPS) is 22.6. The molecule has 3 N–H and O–H groups in total. The molecule has 1 amide bonds. The van der Waals surface area contributed by atoms with Crippen LogP contribution in [0.25, 0.3) is 11.3 Å². The lowest BCUT2D eigenvalue weighted by Crippen LogP contribution is -2.47. The summed E-state index contributed by atoms with van der Waals surface area (Å²) in [6.07, 6.45) is 6.14. The molecule has 3 heterocycles. The molecule has 1 fully saturated rings. The van der Waals surface area contributed by atoms with Crippen LogP contribution in [0.15, 0.2) is 24.5 Å². The molecule has 0 radical (unpaired) electrons. The van der Waals surface area contributed by atoms with Gasteiger partial charge in [0.2, 0.25) is 5.91 Å². The number of carbonyl (C=O) groups excluding carboxylic acids is 1. The third-order valence-corrected chi connectivity index (χ3v) is 5.39. The van der Waals surface area contributed by atoms with E-state index in [0.29, 0.717) is 23.0 Å². The number of carbonyl (C=O) groups is 1. The van der Waals surface area contributed by atoms with Gasteiger partial charge in [-0.25, -0.2) is 9.97 Å². The molecule has 4 rings (SSSR count). The number of nitrogens with one attached hydrogen (secondary N) is 1. The molecule has 1 aliphatic carbocycles. The molecule has 0 bridgehead atoms. The number of aromatic nitrogens is 3. The second-order valence-corrected chi connectivity index (χ2v) is 8.06. The predicted molar refractivity (Wildman–Crippen MR) is 105 cm³/mol. The number of hydrogen-bond donors (Lipinski definition) is 3. The minimum atomic E-state index is -1.01. The molecule has 1 saturated carbocycles. The topological polar surface area (TPSA) is 111 Å². The molecule has 0 spiro atoms. The first kappa shape index (κ1) is 18.8. The molecule has 1 aliphatic heterocycles. The molecule has 0 saturated heterocycles. The first-order valence-electron chi connectivity index (χ1n) is 9.62. The van der Waals surface area contributed by atoms with Crippen molar-refractivity contribution in [3.8, 4) is 11.3 Å². The molecular formula is C20H25N5O3. The van der Waals surface area contributed by atoms with Gasteiger partial charge in [0.1, 0.15) is 5.60 Å². The fourth-order valence-electron chi connectivity index (χ4n) is 3.79. The van der Waals surface area contributed by atoms with E-state index in [2.05, 4.69) is 15.3 Å². The Labute approximate surface area is 163 Å². The average molecular weight is 383 g/mol. The van der Waals surface area contributed by atoms with E-state index in [1.165, 1.54) is 0 Å². The van der Waals surface area contributed by atoms with E-state index < -0.39 is 5.60 Å². The summed E-state index contributed by atoms with van der Waals surface area (Å²) in [4.78, 5) is 27.7. The van der Waals surface area contributed by atoms with Crippen LogP contribution in [0, 0.1) is 0 Å². The Bertz CT molecular complexity index is 870. The molecule has 0 unspecified atom stereocenters. The zero-order chi connectivity index (χ0) is 19.9. The van der Waals surface area contributed by atoms with E-state index in [0.717, 1.165) is 31.2 Å². The van der Waals surface area contributed by atoms with Gasteiger partial charge in [0.15, 0.2) is 11.6 Å². The predicted octanol–water partition coefficient (Wildman–Crippen LogP) is 1.83. The third kappa shape index (κ3) is 3.70. The fourth-order valence-corrected chi connectivity index (χ4v) is 3.79. The standard InChI is InChI=1S/C20H25N5O3/c1-20(2,28)16-8-3-12(9-21-16)15-10-22-18-19(23-15)25(11-17(27)24-18)13-4-6-14(26)7-5-13/h3,8-10,13-14,26,28H,4-7,11H2,1-2H3,(H,22,24,27). The van der Waals surface area contributed by atoms with Crippen LogP contribution >= 0.6 is 0 Å². The van der Waals surface area contributed by atoms with E-state index in [1.807, 2.05) is 11.0 Å². The minimum absolute atomic E-state index is 0.100. The van der Waals surface area contributed by atoms with Gasteiger partial charge in [0, 0.05) is 17.8 Å². The zero-order valence-corrected chi connectivity index (χ0v) is 16.1. The van der Waals surface area contributed by atoms with Crippen LogP contribution in [0.1, 0.15) is 45.2 Å². The van der Waals surface area contributed by atoms with Crippen LogP contribution in [-0.2, 0) is 10.4 Å². The number of hydrogen-bond acceptors (Lipinski definition) is 7. The van der Waals surface area contributed by atoms with Gasteiger partial charge in [-0.2, -0.15) is 0 Å². The highest BCUT2D eigenvalue weighted by Crippen LogP contribution is 2.34. The summed E-state index contributed by atoms with van der Waals surface area (Å²) >= 11 is 0. The molecule has 2 aromatic heterocycles. The lowest BCUT2D eigenvalue weighted by atomic mass is 9.91. The largest absolute Gasteiger partial charge is 0.393 e. The number of aliphatic hydroxyl groups is 2. The molecule has 2 aliphatic rings. The van der Waals surface area contributed by atoms with Gasteiger partial charge in [-0.3, -0.25) is 9.78 Å². The molecule has 28 heavy (non-hydrogen) atoms. The summed E-state index contributed by atoms with van der Waals surface area (Å²) in [6.45, 7) is 3.62. The lowest BCUT2D eigenvalue weighted by molar-refractivity contribution is -0.115. The Hall–Kier alpha value is -2.58. The quantitative estimate of drug-likeness (QED) is 0.741. The second kappa shape index (κ2) is 7.10. The number of fused-ring (bicyclic) bond motifs is 1. The number of nitrogens with zero attached hydrogens (tertiary/aromatic N) is 4. The first-order chi connectivity index (χ1) is 13.3. The Kier molecular flexibility index (Phi) is 4.76. The molecule has 8 nitrogen and oxygen atoms in total. The Balaban J connectivity index is 1.66. The van der Waals surface area contributed by atoms with Crippen molar-refractivity contribution < 1.29 is 15.0 Å². The highest BCUT2D eigenvalue weighted by molar-refractivity contribution is 5.99. The number of anilines is 2. The molecule has 0 aromatic carbocycles. The van der Waals surface area contributed by atoms with Gasteiger partial charge in [-0.05, 0) is 51.7 Å². The second-order valence-electron chi connectivity index (χ2n) is 8.06. The van der Waals surface area contributed by atoms with E-state index in [9.17, 15) is 15.0 Å². The van der Waals surface area contributed by atoms with E-state index >= 15 is 0 Å². The van der Waals surface area contributed by atoms with Crippen LogP contribution in [0.2, 0.25) is 0 Å². The van der Waals surface area contributed by atoms with Crippen molar-refractivity contribution in [1.82, 2.24) is 15.0 Å². The lowest BCUT2D eigenvalue weighted by Gasteiger charge is -2.38. The zero-order valence-electron chi connectivity index (χ0n) is 16.1. The number of aliphatic hydroxyl groups excluding tert-OH is 1. The molecule has 2 aromatic rings. The van der Waals surface area contributed by atoms with Crippen LogP contribution in [0.5, 0.6) is 0 Å². The van der Waals surface area contributed by atoms with Crippen molar-refractivity contribution in [2.75, 3.05) is 16.8 Å². The molecule has 8 heteroatoms. The van der Waals surface area contributed by atoms with E-state index in [1.54, 1.807) is 32.3 Å². The van der Waals surface area contributed by atoms with Gasteiger partial charge in [-0.1, -0.05) is 0 Å². The minimum Gasteiger partial charge on any atom is -0.393 e.